The van der Waals surface area contributed by atoms with E-state index in [1.807, 2.05) is 24.3 Å². The zero-order chi connectivity index (χ0) is 23.7. The highest BCUT2D eigenvalue weighted by Gasteiger charge is 2.43. The van der Waals surface area contributed by atoms with Gasteiger partial charge in [0, 0.05) is 13.2 Å². The van der Waals surface area contributed by atoms with Crippen molar-refractivity contribution in [3.8, 4) is 5.75 Å². The molecule has 7 heteroatoms. The van der Waals surface area contributed by atoms with Crippen molar-refractivity contribution in [2.45, 2.75) is 51.2 Å². The summed E-state index contributed by atoms with van der Waals surface area (Å²) in [4.78, 5) is 28.6. The van der Waals surface area contributed by atoms with Gasteiger partial charge in [0.2, 0.25) is 5.76 Å². The fraction of sp³-hybridized carbons (Fsp3) is 0.407. The Balaban J connectivity index is 1.54. The van der Waals surface area contributed by atoms with Crippen LogP contribution in [-0.4, -0.2) is 36.7 Å². The first-order valence-corrected chi connectivity index (χ1v) is 12.0. The Bertz CT molecular complexity index is 1250. The van der Waals surface area contributed by atoms with Crippen LogP contribution in [0.4, 0.5) is 4.39 Å². The predicted octanol–water partition coefficient (Wildman–Crippen LogP) is 5.23. The van der Waals surface area contributed by atoms with Crippen LogP contribution < -0.4 is 10.2 Å². The van der Waals surface area contributed by atoms with Crippen LogP contribution in [0.15, 0.2) is 51.7 Å². The lowest BCUT2D eigenvalue weighted by Crippen LogP contribution is -2.36. The number of unbranched alkanes of at least 4 members (excludes halogenated alkanes) is 2. The number of benzene rings is 2. The zero-order valence-corrected chi connectivity index (χ0v) is 19.2. The molecule has 2 aliphatic rings. The van der Waals surface area contributed by atoms with Crippen molar-refractivity contribution in [2.24, 2.45) is 0 Å². The molecule has 2 aliphatic heterocycles. The minimum absolute atomic E-state index is 0.0204. The van der Waals surface area contributed by atoms with Gasteiger partial charge >= 0.3 is 0 Å². The van der Waals surface area contributed by atoms with Gasteiger partial charge in [0.05, 0.1) is 29.7 Å². The molecule has 0 spiro atoms. The number of carbonyl (C=O) groups is 1. The van der Waals surface area contributed by atoms with Crippen molar-refractivity contribution in [3.63, 3.8) is 0 Å². The van der Waals surface area contributed by atoms with Crippen molar-refractivity contribution in [3.05, 3.63) is 75.4 Å². The molecule has 3 aromatic rings. The molecule has 1 saturated heterocycles. The maximum atomic E-state index is 13.9. The lowest BCUT2D eigenvalue weighted by Gasteiger charge is -2.27. The van der Waals surface area contributed by atoms with Gasteiger partial charge in [0.1, 0.15) is 17.1 Å². The third-order valence-corrected chi connectivity index (χ3v) is 6.56. The third-order valence-electron chi connectivity index (χ3n) is 6.56. The molecule has 0 bridgehead atoms. The summed E-state index contributed by atoms with van der Waals surface area (Å²) in [5.74, 6) is -0.116. The third kappa shape index (κ3) is 4.20. The summed E-state index contributed by atoms with van der Waals surface area (Å²) in [6, 6.07) is 10.6. The number of hydrogen-bond acceptors (Lipinski definition) is 5. The van der Waals surface area contributed by atoms with E-state index in [-0.39, 0.29) is 39.7 Å². The normalized spacial score (nSPS) is 19.7. The van der Waals surface area contributed by atoms with Crippen LogP contribution in [-0.2, 0) is 4.74 Å². The Morgan fingerprint density at radius 2 is 1.94 bits per heavy atom. The standard InChI is InChI=1S/C27H28FNO5/c1-2-3-4-13-32-19-10-7-17(8-11-19)24-23-25(30)21-15-18(28)9-12-22(21)34-26(23)27(31)29(24)16-20-6-5-14-33-20/h7-12,15,20,24H,2-6,13-14,16H2,1H3. The number of amides is 1. The van der Waals surface area contributed by atoms with E-state index in [0.717, 1.165) is 43.4 Å². The van der Waals surface area contributed by atoms with Crippen LogP contribution in [0, 0.1) is 5.82 Å². The second-order valence-electron chi connectivity index (χ2n) is 8.93. The van der Waals surface area contributed by atoms with E-state index in [4.69, 9.17) is 13.9 Å². The molecular formula is C27H28FNO5. The minimum Gasteiger partial charge on any atom is -0.494 e. The number of hydrogen-bond donors (Lipinski definition) is 0. The summed E-state index contributed by atoms with van der Waals surface area (Å²) in [5, 5.41) is 0.131. The van der Waals surface area contributed by atoms with Crippen LogP contribution >= 0.6 is 0 Å². The summed E-state index contributed by atoms with van der Waals surface area (Å²) in [6.45, 7) is 3.80. The maximum Gasteiger partial charge on any atom is 0.291 e. The lowest BCUT2D eigenvalue weighted by atomic mass is 9.98. The summed E-state index contributed by atoms with van der Waals surface area (Å²) >= 11 is 0. The minimum atomic E-state index is -0.634. The average Bonchev–Trinajstić information content (AvgIpc) is 3.45. The molecule has 2 aromatic carbocycles. The second kappa shape index (κ2) is 9.58. The lowest BCUT2D eigenvalue weighted by molar-refractivity contribution is 0.0486. The Hall–Kier alpha value is -3.19. The molecule has 3 heterocycles. The number of fused-ring (bicyclic) bond motifs is 2. The monoisotopic (exact) mass is 465 g/mol. The number of nitrogens with zero attached hydrogens (tertiary/aromatic N) is 1. The molecule has 1 aromatic heterocycles. The molecule has 2 atom stereocenters. The first kappa shape index (κ1) is 22.6. The number of rotatable bonds is 8. The summed E-state index contributed by atoms with van der Waals surface area (Å²) < 4.78 is 31.4. The van der Waals surface area contributed by atoms with Gasteiger partial charge < -0.3 is 18.8 Å². The first-order valence-electron chi connectivity index (χ1n) is 12.0. The number of ether oxygens (including phenoxy) is 2. The van der Waals surface area contributed by atoms with Gasteiger partial charge in [-0.2, -0.15) is 0 Å². The molecule has 0 saturated carbocycles. The zero-order valence-electron chi connectivity index (χ0n) is 19.2. The quantitative estimate of drug-likeness (QED) is 0.427. The summed E-state index contributed by atoms with van der Waals surface area (Å²) in [5.41, 5.74) is 0.836. The molecule has 6 nitrogen and oxygen atoms in total. The second-order valence-corrected chi connectivity index (χ2v) is 8.93. The van der Waals surface area contributed by atoms with Crippen molar-refractivity contribution in [1.29, 1.82) is 0 Å². The molecule has 178 valence electrons. The maximum absolute atomic E-state index is 13.9. The Morgan fingerprint density at radius 1 is 1.12 bits per heavy atom. The average molecular weight is 466 g/mol. The van der Waals surface area contributed by atoms with E-state index in [0.29, 0.717) is 19.8 Å². The highest BCUT2D eigenvalue weighted by atomic mass is 19.1. The van der Waals surface area contributed by atoms with E-state index in [1.165, 1.54) is 18.2 Å². The van der Waals surface area contributed by atoms with E-state index >= 15 is 0 Å². The van der Waals surface area contributed by atoms with E-state index in [2.05, 4.69) is 6.92 Å². The van der Waals surface area contributed by atoms with Crippen LogP contribution in [0.2, 0.25) is 0 Å². The van der Waals surface area contributed by atoms with Crippen LogP contribution in [0.1, 0.15) is 66.8 Å². The summed E-state index contributed by atoms with van der Waals surface area (Å²) in [6.07, 6.45) is 4.92. The predicted molar refractivity (Wildman–Crippen MR) is 126 cm³/mol. The van der Waals surface area contributed by atoms with Crippen molar-refractivity contribution >= 4 is 16.9 Å². The van der Waals surface area contributed by atoms with Crippen LogP contribution in [0.25, 0.3) is 11.0 Å². The van der Waals surface area contributed by atoms with E-state index in [1.54, 1.807) is 4.90 Å². The number of halogens is 1. The van der Waals surface area contributed by atoms with Gasteiger partial charge in [-0.05, 0) is 55.2 Å². The van der Waals surface area contributed by atoms with Crippen molar-refractivity contribution < 1.29 is 23.1 Å². The fourth-order valence-corrected chi connectivity index (χ4v) is 4.82. The van der Waals surface area contributed by atoms with Crippen LogP contribution in [0.5, 0.6) is 5.75 Å². The molecule has 0 aliphatic carbocycles. The highest BCUT2D eigenvalue weighted by molar-refractivity contribution is 5.99. The van der Waals surface area contributed by atoms with Gasteiger partial charge in [-0.15, -0.1) is 0 Å². The van der Waals surface area contributed by atoms with Crippen molar-refractivity contribution in [2.75, 3.05) is 19.8 Å². The van der Waals surface area contributed by atoms with Gasteiger partial charge in [-0.3, -0.25) is 9.59 Å². The Kier molecular flexibility index (Phi) is 6.37. The smallest absolute Gasteiger partial charge is 0.291 e. The van der Waals surface area contributed by atoms with E-state index < -0.39 is 11.9 Å². The number of carbonyl (C=O) groups excluding carboxylic acids is 1. The van der Waals surface area contributed by atoms with Gasteiger partial charge in [0.25, 0.3) is 5.91 Å². The molecular weight excluding hydrogens is 437 g/mol. The molecule has 1 amide bonds. The molecule has 2 unspecified atom stereocenters. The topological polar surface area (TPSA) is 69.0 Å². The largest absolute Gasteiger partial charge is 0.494 e. The van der Waals surface area contributed by atoms with Crippen LogP contribution in [0.3, 0.4) is 0 Å². The highest BCUT2D eigenvalue weighted by Crippen LogP contribution is 2.39. The fourth-order valence-electron chi connectivity index (χ4n) is 4.82. The van der Waals surface area contributed by atoms with Gasteiger partial charge in [-0.25, -0.2) is 4.39 Å². The molecule has 0 radical (unpaired) electrons. The SMILES string of the molecule is CCCCCOc1ccc(C2c3c(oc4ccc(F)cc4c3=O)C(=O)N2CC2CCCO2)cc1. The molecule has 5 rings (SSSR count). The molecule has 0 N–H and O–H groups in total. The Morgan fingerprint density at radius 3 is 2.68 bits per heavy atom. The first-order chi connectivity index (χ1) is 16.6. The van der Waals surface area contributed by atoms with Gasteiger partial charge in [-0.1, -0.05) is 31.9 Å². The van der Waals surface area contributed by atoms with Gasteiger partial charge in [0.15, 0.2) is 5.43 Å². The summed E-state index contributed by atoms with van der Waals surface area (Å²) in [7, 11) is 0. The van der Waals surface area contributed by atoms with E-state index in [9.17, 15) is 14.0 Å². The Labute approximate surface area is 197 Å². The molecule has 34 heavy (non-hydrogen) atoms. The molecule has 1 fully saturated rings. The van der Waals surface area contributed by atoms with Crippen molar-refractivity contribution in [1.82, 2.24) is 4.90 Å².